The van der Waals surface area contributed by atoms with E-state index < -0.39 is 0 Å². The van der Waals surface area contributed by atoms with Crippen LogP contribution in [0, 0.1) is 6.92 Å². The number of anilines is 2. The van der Waals surface area contributed by atoms with Gasteiger partial charge in [0.25, 0.3) is 0 Å². The summed E-state index contributed by atoms with van der Waals surface area (Å²) in [5.41, 5.74) is 3.08. The van der Waals surface area contributed by atoms with Gasteiger partial charge >= 0.3 is 6.03 Å². The first kappa shape index (κ1) is 25.3. The van der Waals surface area contributed by atoms with Gasteiger partial charge in [0, 0.05) is 32.6 Å². The van der Waals surface area contributed by atoms with Gasteiger partial charge in [-0.1, -0.05) is 54.4 Å². The lowest BCUT2D eigenvalue weighted by Crippen LogP contribution is -2.38. The second-order valence-corrected chi connectivity index (χ2v) is 9.91. The lowest BCUT2D eigenvalue weighted by Gasteiger charge is -2.24. The third-order valence-corrected chi connectivity index (χ3v) is 7.11. The van der Waals surface area contributed by atoms with E-state index in [2.05, 4.69) is 17.1 Å². The number of rotatable bonds is 5. The lowest BCUT2D eigenvalue weighted by atomic mass is 10.2. The molecule has 8 nitrogen and oxygen atoms in total. The smallest absolute Gasteiger partial charge is 0.321 e. The third kappa shape index (κ3) is 5.22. The Labute approximate surface area is 226 Å². The van der Waals surface area contributed by atoms with Gasteiger partial charge in [0.1, 0.15) is 11.6 Å². The molecule has 2 aromatic heterocycles. The SMILES string of the molecule is CCCc1nc(N2CCCN(C(=O)Nc3c(Cl)cccc3Cl)CC2)c2c(C)nn(-c3ccccc3)c2n1. The maximum atomic E-state index is 13.1. The summed E-state index contributed by atoms with van der Waals surface area (Å²) in [7, 11) is 0. The average molecular weight is 538 g/mol. The van der Waals surface area contributed by atoms with Crippen molar-refractivity contribution in [2.24, 2.45) is 0 Å². The van der Waals surface area contributed by atoms with Crippen LogP contribution in [0.3, 0.4) is 0 Å². The third-order valence-electron chi connectivity index (χ3n) is 6.48. The zero-order chi connectivity index (χ0) is 25.9. The van der Waals surface area contributed by atoms with Gasteiger partial charge < -0.3 is 15.1 Å². The summed E-state index contributed by atoms with van der Waals surface area (Å²) in [6, 6.07) is 15.0. The monoisotopic (exact) mass is 537 g/mol. The Bertz CT molecular complexity index is 1400. The maximum Gasteiger partial charge on any atom is 0.321 e. The van der Waals surface area contributed by atoms with Crippen LogP contribution in [0.25, 0.3) is 16.7 Å². The first-order chi connectivity index (χ1) is 18.0. The number of para-hydroxylation sites is 2. The molecular weight excluding hydrogens is 509 g/mol. The van der Waals surface area contributed by atoms with Crippen molar-refractivity contribution >= 4 is 51.8 Å². The molecule has 0 radical (unpaired) electrons. The summed E-state index contributed by atoms with van der Waals surface area (Å²) in [6.45, 7) is 6.68. The van der Waals surface area contributed by atoms with E-state index in [1.54, 1.807) is 23.1 Å². The van der Waals surface area contributed by atoms with Crippen molar-refractivity contribution in [1.82, 2.24) is 24.6 Å². The Morgan fingerprint density at radius 3 is 2.46 bits per heavy atom. The molecule has 2 amide bonds. The zero-order valence-corrected chi connectivity index (χ0v) is 22.4. The molecule has 0 unspecified atom stereocenters. The van der Waals surface area contributed by atoms with E-state index in [0.29, 0.717) is 35.4 Å². The van der Waals surface area contributed by atoms with Crippen molar-refractivity contribution in [2.45, 2.75) is 33.1 Å². The Morgan fingerprint density at radius 1 is 0.973 bits per heavy atom. The van der Waals surface area contributed by atoms with Crippen LogP contribution in [0.5, 0.6) is 0 Å². The number of nitrogens with one attached hydrogen (secondary N) is 1. The van der Waals surface area contributed by atoms with Gasteiger partial charge in [-0.15, -0.1) is 0 Å². The van der Waals surface area contributed by atoms with Gasteiger partial charge in [-0.3, -0.25) is 0 Å². The molecule has 1 saturated heterocycles. The molecule has 37 heavy (non-hydrogen) atoms. The lowest BCUT2D eigenvalue weighted by molar-refractivity contribution is 0.215. The van der Waals surface area contributed by atoms with Gasteiger partial charge in [-0.05, 0) is 44.0 Å². The summed E-state index contributed by atoms with van der Waals surface area (Å²) >= 11 is 12.5. The number of nitrogens with zero attached hydrogens (tertiary/aromatic N) is 6. The molecule has 10 heteroatoms. The molecule has 0 saturated carbocycles. The predicted octanol–water partition coefficient (Wildman–Crippen LogP) is 6.13. The molecule has 0 spiro atoms. The van der Waals surface area contributed by atoms with Crippen LogP contribution in [0.1, 0.15) is 31.3 Å². The van der Waals surface area contributed by atoms with Gasteiger partial charge in [-0.2, -0.15) is 5.10 Å². The Balaban J connectivity index is 1.44. The fraction of sp³-hybridized carbons (Fsp3) is 0.333. The average Bonchev–Trinajstić information content (AvgIpc) is 3.06. The summed E-state index contributed by atoms with van der Waals surface area (Å²) in [5.74, 6) is 1.68. The Morgan fingerprint density at radius 2 is 1.73 bits per heavy atom. The number of amides is 2. The summed E-state index contributed by atoms with van der Waals surface area (Å²) in [5, 5.41) is 9.49. The quantitative estimate of drug-likeness (QED) is 0.331. The first-order valence-corrected chi connectivity index (χ1v) is 13.3. The minimum absolute atomic E-state index is 0.218. The number of hydrogen-bond donors (Lipinski definition) is 1. The van der Waals surface area contributed by atoms with E-state index in [4.69, 9.17) is 38.3 Å². The number of benzene rings is 2. The van der Waals surface area contributed by atoms with Gasteiger partial charge in [0.15, 0.2) is 5.65 Å². The summed E-state index contributed by atoms with van der Waals surface area (Å²) in [4.78, 5) is 27.0. The minimum Gasteiger partial charge on any atom is -0.354 e. The van der Waals surface area contributed by atoms with E-state index >= 15 is 0 Å². The molecule has 1 N–H and O–H groups in total. The summed E-state index contributed by atoms with van der Waals surface area (Å²) < 4.78 is 1.90. The number of urea groups is 1. The summed E-state index contributed by atoms with van der Waals surface area (Å²) in [6.07, 6.45) is 2.52. The van der Waals surface area contributed by atoms with E-state index in [1.807, 2.05) is 41.9 Å². The van der Waals surface area contributed by atoms with Crippen LogP contribution in [-0.4, -0.2) is 56.9 Å². The van der Waals surface area contributed by atoms with E-state index in [9.17, 15) is 4.79 Å². The molecule has 192 valence electrons. The molecule has 1 aliphatic rings. The highest BCUT2D eigenvalue weighted by Gasteiger charge is 2.25. The van der Waals surface area contributed by atoms with E-state index in [0.717, 1.165) is 59.9 Å². The van der Waals surface area contributed by atoms with Crippen molar-refractivity contribution < 1.29 is 4.79 Å². The highest BCUT2D eigenvalue weighted by molar-refractivity contribution is 6.39. The van der Waals surface area contributed by atoms with Crippen LogP contribution in [-0.2, 0) is 6.42 Å². The molecule has 0 bridgehead atoms. The number of halogens is 2. The van der Waals surface area contributed by atoms with Crippen molar-refractivity contribution in [1.29, 1.82) is 0 Å². The second-order valence-electron chi connectivity index (χ2n) is 9.10. The van der Waals surface area contributed by atoms with Crippen LogP contribution in [0.2, 0.25) is 10.0 Å². The van der Waals surface area contributed by atoms with Crippen LogP contribution in [0.4, 0.5) is 16.3 Å². The van der Waals surface area contributed by atoms with Crippen molar-refractivity contribution in [2.75, 3.05) is 36.4 Å². The standard InChI is InChI=1S/C27H29Cl2N7O/c1-3-9-22-30-25(23-18(2)33-36(26(23)31-22)19-10-5-4-6-11-19)34-14-8-15-35(17-16-34)27(37)32-24-20(28)12-7-13-21(24)29/h4-7,10-13H,3,8-9,14-17H2,1-2H3,(H,32,37). The highest BCUT2D eigenvalue weighted by Crippen LogP contribution is 2.31. The topological polar surface area (TPSA) is 79.2 Å². The molecule has 0 atom stereocenters. The first-order valence-electron chi connectivity index (χ1n) is 12.5. The van der Waals surface area contributed by atoms with Crippen LogP contribution >= 0.6 is 23.2 Å². The largest absolute Gasteiger partial charge is 0.354 e. The zero-order valence-electron chi connectivity index (χ0n) is 20.9. The van der Waals surface area contributed by atoms with Gasteiger partial charge in [0.2, 0.25) is 0 Å². The van der Waals surface area contributed by atoms with Crippen molar-refractivity contribution in [3.05, 3.63) is 70.1 Å². The van der Waals surface area contributed by atoms with Gasteiger partial charge in [-0.25, -0.2) is 19.4 Å². The molecule has 0 aliphatic carbocycles. The number of carbonyl (C=O) groups excluding carboxylic acids is 1. The molecule has 1 fully saturated rings. The van der Waals surface area contributed by atoms with Crippen LogP contribution in [0.15, 0.2) is 48.5 Å². The van der Waals surface area contributed by atoms with E-state index in [1.165, 1.54) is 0 Å². The van der Waals surface area contributed by atoms with Crippen molar-refractivity contribution in [3.63, 3.8) is 0 Å². The number of fused-ring (bicyclic) bond motifs is 1. The highest BCUT2D eigenvalue weighted by atomic mass is 35.5. The Hall–Kier alpha value is -3.36. The molecule has 4 aromatic rings. The number of hydrogen-bond acceptors (Lipinski definition) is 5. The predicted molar refractivity (Wildman–Crippen MR) is 149 cm³/mol. The van der Waals surface area contributed by atoms with Gasteiger partial charge in [0.05, 0.1) is 32.5 Å². The Kier molecular flexibility index (Phi) is 7.48. The second kappa shape index (κ2) is 10.9. The molecule has 5 rings (SSSR count). The normalized spacial score (nSPS) is 14.2. The van der Waals surface area contributed by atoms with Crippen LogP contribution < -0.4 is 10.2 Å². The fourth-order valence-electron chi connectivity index (χ4n) is 4.65. The molecular formula is C27H29Cl2N7O. The van der Waals surface area contributed by atoms with Crippen molar-refractivity contribution in [3.8, 4) is 5.69 Å². The minimum atomic E-state index is -0.218. The number of carbonyl (C=O) groups is 1. The fourth-order valence-corrected chi connectivity index (χ4v) is 5.15. The molecule has 1 aliphatic heterocycles. The number of aryl methyl sites for hydroxylation is 2. The van der Waals surface area contributed by atoms with E-state index in [-0.39, 0.29) is 6.03 Å². The molecule has 2 aromatic carbocycles. The number of aromatic nitrogens is 4. The molecule has 3 heterocycles. The maximum absolute atomic E-state index is 13.1.